The number of aryl methyl sites for hydroxylation is 1. The van der Waals surface area contributed by atoms with Gasteiger partial charge in [0.25, 0.3) is 0 Å². The molecule has 1 atom stereocenters. The van der Waals surface area contributed by atoms with Crippen molar-refractivity contribution < 1.29 is 18.0 Å². The highest BCUT2D eigenvalue weighted by atomic mass is 32.2. The molecule has 0 aliphatic carbocycles. The Labute approximate surface area is 167 Å². The van der Waals surface area contributed by atoms with Gasteiger partial charge in [0.2, 0.25) is 15.9 Å². The Hall–Kier alpha value is -1.97. The predicted octanol–water partition coefficient (Wildman–Crippen LogP) is 1.17. The van der Waals surface area contributed by atoms with Crippen molar-refractivity contribution in [3.63, 3.8) is 0 Å². The largest absolute Gasteiger partial charge is 0.338 e. The maximum absolute atomic E-state index is 12.8. The van der Waals surface area contributed by atoms with Gasteiger partial charge in [0.15, 0.2) is 0 Å². The van der Waals surface area contributed by atoms with Crippen LogP contribution in [0.4, 0.5) is 4.79 Å². The highest BCUT2D eigenvalue weighted by Gasteiger charge is 2.32. The summed E-state index contributed by atoms with van der Waals surface area (Å²) >= 11 is 0. The first-order valence-electron chi connectivity index (χ1n) is 9.51. The van der Waals surface area contributed by atoms with Gasteiger partial charge >= 0.3 is 6.03 Å². The smallest absolute Gasteiger partial charge is 0.321 e. The van der Waals surface area contributed by atoms with Crippen LogP contribution in [0.5, 0.6) is 0 Å². The molecule has 0 spiro atoms. The molecule has 2 rings (SSSR count). The van der Waals surface area contributed by atoms with Gasteiger partial charge in [-0.1, -0.05) is 31.5 Å². The first-order chi connectivity index (χ1) is 13.1. The lowest BCUT2D eigenvalue weighted by molar-refractivity contribution is -0.125. The number of sulfonamides is 1. The minimum absolute atomic E-state index is 0.277. The van der Waals surface area contributed by atoms with E-state index in [4.69, 9.17) is 0 Å². The summed E-state index contributed by atoms with van der Waals surface area (Å²) < 4.78 is 27.0. The van der Waals surface area contributed by atoms with Gasteiger partial charge in [0, 0.05) is 32.7 Å². The molecule has 1 unspecified atom stereocenters. The lowest BCUT2D eigenvalue weighted by Crippen LogP contribution is -2.56. The van der Waals surface area contributed by atoms with Crippen molar-refractivity contribution in [2.24, 2.45) is 5.92 Å². The number of hydrogen-bond donors (Lipinski definition) is 2. The molecule has 0 aromatic heterocycles. The molecular formula is C19H30N4O4S. The fourth-order valence-electron chi connectivity index (χ4n) is 2.91. The highest BCUT2D eigenvalue weighted by Crippen LogP contribution is 2.19. The lowest BCUT2D eigenvalue weighted by Gasteiger charge is -2.36. The molecule has 0 radical (unpaired) electrons. The van der Waals surface area contributed by atoms with Gasteiger partial charge < -0.3 is 5.32 Å². The van der Waals surface area contributed by atoms with E-state index < -0.39 is 28.0 Å². The normalized spacial score (nSPS) is 17.3. The summed E-state index contributed by atoms with van der Waals surface area (Å²) in [6, 6.07) is 5.76. The van der Waals surface area contributed by atoms with E-state index in [0.717, 1.165) is 5.56 Å². The van der Waals surface area contributed by atoms with Crippen molar-refractivity contribution in [3.8, 4) is 0 Å². The van der Waals surface area contributed by atoms with Crippen LogP contribution in [-0.2, 0) is 14.8 Å². The Balaban J connectivity index is 1.89. The minimum atomic E-state index is -3.54. The van der Waals surface area contributed by atoms with Gasteiger partial charge in [-0.3, -0.25) is 15.0 Å². The number of rotatable bonds is 6. The standard InChI is InChI=1S/C19H30N4O4S/c1-14(2)13-20-19(25)21-18(24)16(4)22-9-11-23(12-10-22)28(26,27)17-7-5-15(3)6-8-17/h5-8,14,16H,9-13H2,1-4H3,(H2,20,21,24,25). The van der Waals surface area contributed by atoms with Crippen LogP contribution in [0.1, 0.15) is 26.3 Å². The molecule has 1 fully saturated rings. The quantitative estimate of drug-likeness (QED) is 0.734. The molecule has 3 amide bonds. The van der Waals surface area contributed by atoms with Crippen LogP contribution in [0.25, 0.3) is 0 Å². The van der Waals surface area contributed by atoms with Crippen LogP contribution < -0.4 is 10.6 Å². The molecule has 1 saturated heterocycles. The molecular weight excluding hydrogens is 380 g/mol. The Morgan fingerprint density at radius 3 is 2.14 bits per heavy atom. The molecule has 1 aromatic rings. The molecule has 28 heavy (non-hydrogen) atoms. The first kappa shape index (κ1) is 22.3. The van der Waals surface area contributed by atoms with Gasteiger partial charge in [-0.15, -0.1) is 0 Å². The van der Waals surface area contributed by atoms with E-state index in [-0.39, 0.29) is 4.90 Å². The Morgan fingerprint density at radius 2 is 1.61 bits per heavy atom. The van der Waals surface area contributed by atoms with E-state index in [9.17, 15) is 18.0 Å². The summed E-state index contributed by atoms with van der Waals surface area (Å²) in [5.74, 6) is -0.0991. The SMILES string of the molecule is Cc1ccc(S(=O)(=O)N2CCN(C(C)C(=O)NC(=O)NCC(C)C)CC2)cc1. The van der Waals surface area contributed by atoms with E-state index in [1.807, 2.05) is 25.7 Å². The third kappa shape index (κ3) is 5.76. The molecule has 0 saturated carbocycles. The third-order valence-electron chi connectivity index (χ3n) is 4.77. The van der Waals surface area contributed by atoms with Crippen LogP contribution in [-0.4, -0.2) is 68.3 Å². The molecule has 8 nitrogen and oxygen atoms in total. The van der Waals surface area contributed by atoms with Gasteiger partial charge in [-0.05, 0) is 31.9 Å². The summed E-state index contributed by atoms with van der Waals surface area (Å²) in [7, 11) is -3.54. The van der Waals surface area contributed by atoms with Crippen LogP contribution in [0.15, 0.2) is 29.2 Å². The van der Waals surface area contributed by atoms with Gasteiger partial charge in [0.05, 0.1) is 10.9 Å². The molecule has 1 aliphatic heterocycles. The maximum Gasteiger partial charge on any atom is 0.321 e. The van der Waals surface area contributed by atoms with E-state index in [1.54, 1.807) is 31.2 Å². The highest BCUT2D eigenvalue weighted by molar-refractivity contribution is 7.89. The van der Waals surface area contributed by atoms with E-state index in [2.05, 4.69) is 10.6 Å². The third-order valence-corrected chi connectivity index (χ3v) is 6.68. The zero-order valence-corrected chi connectivity index (χ0v) is 17.8. The number of imide groups is 1. The Morgan fingerprint density at radius 1 is 1.04 bits per heavy atom. The van der Waals surface area contributed by atoms with Crippen molar-refractivity contribution in [2.45, 2.75) is 38.6 Å². The molecule has 1 heterocycles. The second-order valence-electron chi connectivity index (χ2n) is 7.52. The number of hydrogen-bond acceptors (Lipinski definition) is 5. The van der Waals surface area contributed by atoms with Crippen molar-refractivity contribution in [2.75, 3.05) is 32.7 Å². The molecule has 0 bridgehead atoms. The average molecular weight is 411 g/mol. The number of benzene rings is 1. The number of carbonyl (C=O) groups excluding carboxylic acids is 2. The first-order valence-corrected chi connectivity index (χ1v) is 10.9. The van der Waals surface area contributed by atoms with Crippen LogP contribution in [0, 0.1) is 12.8 Å². The van der Waals surface area contributed by atoms with Crippen molar-refractivity contribution in [1.82, 2.24) is 19.8 Å². The Bertz CT molecular complexity index is 785. The van der Waals surface area contributed by atoms with E-state index >= 15 is 0 Å². The van der Waals surface area contributed by atoms with Gasteiger partial charge in [-0.25, -0.2) is 13.2 Å². The minimum Gasteiger partial charge on any atom is -0.338 e. The Kier molecular flexibility index (Phi) is 7.56. The van der Waals surface area contributed by atoms with Crippen molar-refractivity contribution in [3.05, 3.63) is 29.8 Å². The fourth-order valence-corrected chi connectivity index (χ4v) is 4.34. The van der Waals surface area contributed by atoms with Gasteiger partial charge in [0.1, 0.15) is 0 Å². The van der Waals surface area contributed by atoms with Crippen molar-refractivity contribution in [1.29, 1.82) is 0 Å². The average Bonchev–Trinajstić information content (AvgIpc) is 2.66. The number of piperazine rings is 1. The van der Waals surface area contributed by atoms with Crippen LogP contribution in [0.3, 0.4) is 0 Å². The molecule has 156 valence electrons. The summed E-state index contributed by atoms with van der Waals surface area (Å²) in [6.45, 7) is 9.49. The summed E-state index contributed by atoms with van der Waals surface area (Å²) in [5.41, 5.74) is 1.00. The number of urea groups is 1. The topological polar surface area (TPSA) is 98.8 Å². The number of carbonyl (C=O) groups is 2. The zero-order valence-electron chi connectivity index (χ0n) is 16.9. The van der Waals surface area contributed by atoms with Crippen LogP contribution in [0.2, 0.25) is 0 Å². The van der Waals surface area contributed by atoms with E-state index in [1.165, 1.54) is 4.31 Å². The number of nitrogens with one attached hydrogen (secondary N) is 2. The predicted molar refractivity (Wildman–Crippen MR) is 107 cm³/mol. The van der Waals surface area contributed by atoms with E-state index in [0.29, 0.717) is 38.6 Å². The molecule has 9 heteroatoms. The van der Waals surface area contributed by atoms with Gasteiger partial charge in [-0.2, -0.15) is 4.31 Å². The van der Waals surface area contributed by atoms with Crippen molar-refractivity contribution >= 4 is 22.0 Å². The second-order valence-corrected chi connectivity index (χ2v) is 9.46. The lowest BCUT2D eigenvalue weighted by atomic mass is 10.2. The summed E-state index contributed by atoms with van der Waals surface area (Å²) in [6.07, 6.45) is 0. The maximum atomic E-state index is 12.8. The number of amides is 3. The summed E-state index contributed by atoms with van der Waals surface area (Å²) in [4.78, 5) is 26.2. The van der Waals surface area contributed by atoms with Crippen LogP contribution >= 0.6 is 0 Å². The molecule has 1 aliphatic rings. The summed E-state index contributed by atoms with van der Waals surface area (Å²) in [5, 5.41) is 4.99. The zero-order chi connectivity index (χ0) is 20.9. The fraction of sp³-hybridized carbons (Fsp3) is 0.579. The second kappa shape index (κ2) is 9.49. The molecule has 1 aromatic carbocycles. The number of nitrogens with zero attached hydrogens (tertiary/aromatic N) is 2. The molecule has 2 N–H and O–H groups in total. The monoisotopic (exact) mass is 410 g/mol.